The van der Waals surface area contributed by atoms with Gasteiger partial charge in [-0.1, -0.05) is 0 Å². The Morgan fingerprint density at radius 1 is 1.56 bits per heavy atom. The van der Waals surface area contributed by atoms with Gasteiger partial charge in [-0.15, -0.1) is 0 Å². The summed E-state index contributed by atoms with van der Waals surface area (Å²) in [4.78, 5) is 0. The molecule has 3 heteroatoms. The monoisotopic (exact) mass is 133 g/mol. The summed E-state index contributed by atoms with van der Waals surface area (Å²) in [6.07, 6.45) is -0.335. The molecule has 0 heterocycles. The first kappa shape index (κ1) is 8.88. The normalized spacial score (nSPS) is 17.3. The highest BCUT2D eigenvalue weighted by molar-refractivity contribution is 4.50. The van der Waals surface area contributed by atoms with Gasteiger partial charge in [0, 0.05) is 6.54 Å². The van der Waals surface area contributed by atoms with Gasteiger partial charge in [0.2, 0.25) is 0 Å². The third-order valence-corrected chi connectivity index (χ3v) is 0.954. The molecule has 9 heavy (non-hydrogen) atoms. The highest BCUT2D eigenvalue weighted by atomic mass is 16.5. The standard InChI is InChI=1S/C6H15NO2/c1-5(8)4-9-6(2)3-7/h5-6,8H,3-4,7H2,1-2H3. The molecule has 2 atom stereocenters. The van der Waals surface area contributed by atoms with E-state index in [9.17, 15) is 0 Å². The van der Waals surface area contributed by atoms with E-state index in [-0.39, 0.29) is 12.2 Å². The summed E-state index contributed by atoms with van der Waals surface area (Å²) in [6.45, 7) is 4.44. The van der Waals surface area contributed by atoms with Crippen LogP contribution in [-0.4, -0.2) is 30.5 Å². The van der Waals surface area contributed by atoms with E-state index in [0.717, 1.165) is 0 Å². The summed E-state index contributed by atoms with van der Waals surface area (Å²) < 4.78 is 5.08. The summed E-state index contributed by atoms with van der Waals surface area (Å²) in [5.41, 5.74) is 5.25. The van der Waals surface area contributed by atoms with Crippen LogP contribution < -0.4 is 5.73 Å². The first-order valence-corrected chi connectivity index (χ1v) is 3.16. The highest BCUT2D eigenvalue weighted by Gasteiger charge is 2.00. The number of rotatable bonds is 4. The average molecular weight is 133 g/mol. The smallest absolute Gasteiger partial charge is 0.0745 e. The van der Waals surface area contributed by atoms with Gasteiger partial charge in [0.25, 0.3) is 0 Å². The van der Waals surface area contributed by atoms with E-state index in [0.29, 0.717) is 13.2 Å². The van der Waals surface area contributed by atoms with Crippen molar-refractivity contribution < 1.29 is 9.84 Å². The first-order valence-electron chi connectivity index (χ1n) is 3.16. The van der Waals surface area contributed by atoms with Crippen LogP contribution in [0, 0.1) is 0 Å². The third-order valence-electron chi connectivity index (χ3n) is 0.954. The van der Waals surface area contributed by atoms with Crippen LogP contribution in [-0.2, 0) is 4.74 Å². The molecule has 0 bridgehead atoms. The van der Waals surface area contributed by atoms with Gasteiger partial charge >= 0.3 is 0 Å². The maximum absolute atomic E-state index is 8.73. The van der Waals surface area contributed by atoms with Crippen LogP contribution in [0.4, 0.5) is 0 Å². The topological polar surface area (TPSA) is 55.5 Å². The molecule has 0 spiro atoms. The van der Waals surface area contributed by atoms with Crippen LogP contribution in [0.5, 0.6) is 0 Å². The minimum Gasteiger partial charge on any atom is -0.391 e. The molecule has 0 aromatic rings. The van der Waals surface area contributed by atoms with Gasteiger partial charge in [-0.05, 0) is 13.8 Å². The summed E-state index contributed by atoms with van der Waals surface area (Å²) in [5, 5.41) is 8.73. The SMILES string of the molecule is CC(O)COC(C)CN. The summed E-state index contributed by atoms with van der Waals surface area (Å²) >= 11 is 0. The molecule has 0 radical (unpaired) electrons. The maximum Gasteiger partial charge on any atom is 0.0745 e. The van der Waals surface area contributed by atoms with Crippen molar-refractivity contribution in [1.82, 2.24) is 0 Å². The molecule has 56 valence electrons. The Morgan fingerprint density at radius 2 is 2.11 bits per heavy atom. The fourth-order valence-corrected chi connectivity index (χ4v) is 0.372. The van der Waals surface area contributed by atoms with Crippen molar-refractivity contribution in [2.75, 3.05) is 13.2 Å². The Balaban J connectivity index is 3.06. The Hall–Kier alpha value is -0.120. The molecule has 0 aromatic carbocycles. The lowest BCUT2D eigenvalue weighted by atomic mass is 10.4. The van der Waals surface area contributed by atoms with Crippen molar-refractivity contribution in [1.29, 1.82) is 0 Å². The molecule has 3 N–H and O–H groups in total. The molecule has 0 aliphatic carbocycles. The van der Waals surface area contributed by atoms with Gasteiger partial charge in [0.05, 0.1) is 18.8 Å². The number of aliphatic hydroxyl groups is 1. The molecule has 3 nitrogen and oxygen atoms in total. The molecule has 0 aliphatic heterocycles. The molecular weight excluding hydrogens is 118 g/mol. The third kappa shape index (κ3) is 5.76. The number of hydrogen-bond donors (Lipinski definition) is 2. The minimum absolute atomic E-state index is 0.0552. The van der Waals surface area contributed by atoms with Crippen molar-refractivity contribution in [2.45, 2.75) is 26.1 Å². The van der Waals surface area contributed by atoms with Crippen LogP contribution in [0.1, 0.15) is 13.8 Å². The zero-order valence-electron chi connectivity index (χ0n) is 6.00. The van der Waals surface area contributed by atoms with Crippen molar-refractivity contribution in [3.8, 4) is 0 Å². The van der Waals surface area contributed by atoms with Gasteiger partial charge in [-0.2, -0.15) is 0 Å². The van der Waals surface area contributed by atoms with Crippen LogP contribution >= 0.6 is 0 Å². The van der Waals surface area contributed by atoms with E-state index >= 15 is 0 Å². The Morgan fingerprint density at radius 3 is 2.44 bits per heavy atom. The van der Waals surface area contributed by atoms with Crippen LogP contribution in [0.25, 0.3) is 0 Å². The van der Waals surface area contributed by atoms with E-state index in [1.165, 1.54) is 0 Å². The van der Waals surface area contributed by atoms with E-state index in [1.54, 1.807) is 6.92 Å². The van der Waals surface area contributed by atoms with Gasteiger partial charge in [-0.3, -0.25) is 0 Å². The fraction of sp³-hybridized carbons (Fsp3) is 1.00. The average Bonchev–Trinajstić information content (AvgIpc) is 1.83. The quantitative estimate of drug-likeness (QED) is 0.555. The molecule has 2 unspecified atom stereocenters. The van der Waals surface area contributed by atoms with Crippen LogP contribution in [0.3, 0.4) is 0 Å². The van der Waals surface area contributed by atoms with E-state index < -0.39 is 0 Å². The largest absolute Gasteiger partial charge is 0.391 e. The second-order valence-electron chi connectivity index (χ2n) is 2.23. The molecule has 0 fully saturated rings. The zero-order valence-corrected chi connectivity index (χ0v) is 6.00. The summed E-state index contributed by atoms with van der Waals surface area (Å²) in [5.74, 6) is 0. The van der Waals surface area contributed by atoms with Gasteiger partial charge in [-0.25, -0.2) is 0 Å². The van der Waals surface area contributed by atoms with Crippen molar-refractivity contribution in [2.24, 2.45) is 5.73 Å². The van der Waals surface area contributed by atoms with Gasteiger partial charge in [0.15, 0.2) is 0 Å². The van der Waals surface area contributed by atoms with E-state index in [2.05, 4.69) is 0 Å². The van der Waals surface area contributed by atoms with Crippen molar-refractivity contribution in [3.05, 3.63) is 0 Å². The van der Waals surface area contributed by atoms with Crippen molar-refractivity contribution in [3.63, 3.8) is 0 Å². The molecule has 0 aliphatic rings. The minimum atomic E-state index is -0.390. The zero-order chi connectivity index (χ0) is 7.28. The van der Waals surface area contributed by atoms with Crippen LogP contribution in [0.2, 0.25) is 0 Å². The Bertz CT molecular complexity index is 66.1. The van der Waals surface area contributed by atoms with Gasteiger partial charge in [0.1, 0.15) is 0 Å². The molecule has 0 saturated carbocycles. The summed E-state index contributed by atoms with van der Waals surface area (Å²) in [6, 6.07) is 0. The summed E-state index contributed by atoms with van der Waals surface area (Å²) in [7, 11) is 0. The molecule has 0 aromatic heterocycles. The van der Waals surface area contributed by atoms with E-state index in [4.69, 9.17) is 15.6 Å². The number of aliphatic hydroxyl groups excluding tert-OH is 1. The molecule has 0 saturated heterocycles. The molecular formula is C6H15NO2. The highest BCUT2D eigenvalue weighted by Crippen LogP contribution is 1.89. The second kappa shape index (κ2) is 4.73. The number of nitrogens with two attached hydrogens (primary N) is 1. The Labute approximate surface area is 55.8 Å². The fourth-order valence-electron chi connectivity index (χ4n) is 0.372. The second-order valence-corrected chi connectivity index (χ2v) is 2.23. The number of ether oxygens (including phenoxy) is 1. The Kier molecular flexibility index (Phi) is 4.67. The lowest BCUT2D eigenvalue weighted by molar-refractivity contribution is 0.00942. The van der Waals surface area contributed by atoms with E-state index in [1.807, 2.05) is 6.92 Å². The lowest BCUT2D eigenvalue weighted by Crippen LogP contribution is -2.23. The molecule has 0 rings (SSSR count). The predicted molar refractivity (Wildman–Crippen MR) is 36.1 cm³/mol. The first-order chi connectivity index (χ1) is 4.16. The predicted octanol–water partition coefficient (Wildman–Crippen LogP) is -0.269. The number of hydrogen-bond acceptors (Lipinski definition) is 3. The maximum atomic E-state index is 8.73. The van der Waals surface area contributed by atoms with Gasteiger partial charge < -0.3 is 15.6 Å². The van der Waals surface area contributed by atoms with Crippen molar-refractivity contribution >= 4 is 0 Å². The molecule has 0 amide bonds. The lowest BCUT2D eigenvalue weighted by Gasteiger charge is -2.11. The van der Waals surface area contributed by atoms with Crippen LogP contribution in [0.15, 0.2) is 0 Å².